The van der Waals surface area contributed by atoms with Gasteiger partial charge in [0.1, 0.15) is 0 Å². The molecule has 2 atom stereocenters. The first kappa shape index (κ1) is 14.7. The van der Waals surface area contributed by atoms with Gasteiger partial charge >= 0.3 is 0 Å². The summed E-state index contributed by atoms with van der Waals surface area (Å²) in [7, 11) is 0. The minimum atomic E-state index is -0.0449. The van der Waals surface area contributed by atoms with Gasteiger partial charge in [-0.1, -0.05) is 11.6 Å². The van der Waals surface area contributed by atoms with Gasteiger partial charge in [-0.2, -0.15) is 5.10 Å². The lowest BCUT2D eigenvalue weighted by molar-refractivity contribution is 0.0924. The average Bonchev–Trinajstić information content (AvgIpc) is 3.15. The summed E-state index contributed by atoms with van der Waals surface area (Å²) in [5.41, 5.74) is 1.47. The molecule has 1 aromatic carbocycles. The maximum absolute atomic E-state index is 12.4. The number of hydrogen-bond acceptors (Lipinski definition) is 3. The van der Waals surface area contributed by atoms with Gasteiger partial charge in [-0.15, -0.1) is 0 Å². The predicted octanol–water partition coefficient (Wildman–Crippen LogP) is 2.54. The van der Waals surface area contributed by atoms with Crippen LogP contribution in [-0.2, 0) is 0 Å². The summed E-state index contributed by atoms with van der Waals surface area (Å²) in [5, 5.41) is 11.7. The molecule has 0 spiro atoms. The van der Waals surface area contributed by atoms with E-state index in [2.05, 4.69) is 15.7 Å². The van der Waals surface area contributed by atoms with E-state index < -0.39 is 0 Å². The lowest BCUT2D eigenvalue weighted by Gasteiger charge is -2.29. The van der Waals surface area contributed by atoms with Crippen LogP contribution in [0.4, 0.5) is 0 Å². The van der Waals surface area contributed by atoms with Crippen molar-refractivity contribution in [3.63, 3.8) is 0 Å². The third kappa shape index (κ3) is 3.12. The zero-order valence-corrected chi connectivity index (χ0v) is 13.5. The summed E-state index contributed by atoms with van der Waals surface area (Å²) in [6.07, 6.45) is 7.87. The second kappa shape index (κ2) is 5.98. The van der Waals surface area contributed by atoms with E-state index in [-0.39, 0.29) is 11.9 Å². The van der Waals surface area contributed by atoms with E-state index in [0.717, 1.165) is 18.5 Å². The molecule has 1 amide bonds. The Morgan fingerprint density at radius 3 is 2.61 bits per heavy atom. The Balaban J connectivity index is 1.44. The van der Waals surface area contributed by atoms with E-state index in [4.69, 9.17) is 11.6 Å². The number of benzene rings is 1. The zero-order valence-electron chi connectivity index (χ0n) is 12.7. The van der Waals surface area contributed by atoms with E-state index in [0.29, 0.717) is 22.7 Å². The minimum Gasteiger partial charge on any atom is -0.349 e. The van der Waals surface area contributed by atoms with Crippen molar-refractivity contribution in [1.82, 2.24) is 20.4 Å². The van der Waals surface area contributed by atoms with Crippen LogP contribution in [0.5, 0.6) is 0 Å². The molecule has 2 fully saturated rings. The molecule has 2 saturated heterocycles. The molecule has 2 bridgehead atoms. The highest BCUT2D eigenvalue weighted by atomic mass is 35.5. The SMILES string of the molecule is O=C(NC1CC2CCC(C1)N2)c1cnn(-c2ccc(Cl)cc2)c1. The normalized spacial score (nSPS) is 26.2. The Kier molecular flexibility index (Phi) is 3.83. The van der Waals surface area contributed by atoms with Crippen molar-refractivity contribution >= 4 is 17.5 Å². The Morgan fingerprint density at radius 1 is 1.22 bits per heavy atom. The Bertz CT molecular complexity index is 700. The van der Waals surface area contributed by atoms with Gasteiger partial charge in [0.2, 0.25) is 0 Å². The lowest BCUT2D eigenvalue weighted by Crippen LogP contribution is -2.47. The van der Waals surface area contributed by atoms with E-state index in [1.807, 2.05) is 24.3 Å². The number of nitrogens with one attached hydrogen (secondary N) is 2. The number of carbonyl (C=O) groups excluding carboxylic acids is 1. The summed E-state index contributed by atoms with van der Waals surface area (Å²) in [4.78, 5) is 12.4. The highest BCUT2D eigenvalue weighted by Gasteiger charge is 2.34. The Hall–Kier alpha value is -1.85. The van der Waals surface area contributed by atoms with Gasteiger partial charge < -0.3 is 10.6 Å². The molecule has 2 N–H and O–H groups in total. The quantitative estimate of drug-likeness (QED) is 0.909. The van der Waals surface area contributed by atoms with Crippen LogP contribution in [0.25, 0.3) is 5.69 Å². The first-order valence-electron chi connectivity index (χ1n) is 8.05. The third-order valence-corrected chi connectivity index (χ3v) is 5.00. The van der Waals surface area contributed by atoms with E-state index in [1.54, 1.807) is 17.1 Å². The molecule has 6 heteroatoms. The summed E-state index contributed by atoms with van der Waals surface area (Å²) in [5.74, 6) is -0.0449. The molecule has 23 heavy (non-hydrogen) atoms. The van der Waals surface area contributed by atoms with Gasteiger partial charge in [0.15, 0.2) is 0 Å². The number of piperidine rings is 1. The molecule has 3 heterocycles. The van der Waals surface area contributed by atoms with Crippen molar-refractivity contribution in [2.24, 2.45) is 0 Å². The molecule has 0 saturated carbocycles. The summed E-state index contributed by atoms with van der Waals surface area (Å²) in [6, 6.07) is 8.77. The van der Waals surface area contributed by atoms with Gasteiger partial charge in [0, 0.05) is 29.3 Å². The summed E-state index contributed by atoms with van der Waals surface area (Å²) in [6.45, 7) is 0. The second-order valence-corrected chi connectivity index (χ2v) is 6.87. The van der Waals surface area contributed by atoms with Crippen molar-refractivity contribution in [3.05, 3.63) is 47.2 Å². The smallest absolute Gasteiger partial charge is 0.254 e. The number of hydrogen-bond donors (Lipinski definition) is 2. The predicted molar refractivity (Wildman–Crippen MR) is 89.0 cm³/mol. The topological polar surface area (TPSA) is 59.0 Å². The third-order valence-electron chi connectivity index (χ3n) is 4.74. The fraction of sp³-hybridized carbons (Fsp3) is 0.412. The van der Waals surface area contributed by atoms with Gasteiger partial charge in [-0.05, 0) is 49.9 Å². The molecular formula is C17H19ClN4O. The largest absolute Gasteiger partial charge is 0.349 e. The number of rotatable bonds is 3. The molecule has 0 radical (unpaired) electrons. The van der Waals surface area contributed by atoms with Gasteiger partial charge in [-0.25, -0.2) is 4.68 Å². The minimum absolute atomic E-state index is 0.0449. The number of carbonyl (C=O) groups is 1. The van der Waals surface area contributed by atoms with Gasteiger partial charge in [0.05, 0.1) is 17.4 Å². The fourth-order valence-corrected chi connectivity index (χ4v) is 3.74. The van der Waals surface area contributed by atoms with Crippen LogP contribution in [0.2, 0.25) is 5.02 Å². The van der Waals surface area contributed by atoms with Gasteiger partial charge in [0.25, 0.3) is 5.91 Å². The molecular weight excluding hydrogens is 312 g/mol. The fourth-order valence-electron chi connectivity index (χ4n) is 3.62. The number of aromatic nitrogens is 2. The van der Waals surface area contributed by atoms with E-state index >= 15 is 0 Å². The molecule has 2 unspecified atom stereocenters. The lowest BCUT2D eigenvalue weighted by atomic mass is 9.99. The van der Waals surface area contributed by atoms with Crippen LogP contribution in [0.3, 0.4) is 0 Å². The average molecular weight is 331 g/mol. The van der Waals surface area contributed by atoms with E-state index in [1.165, 1.54) is 12.8 Å². The maximum atomic E-state index is 12.4. The number of halogens is 1. The first-order valence-corrected chi connectivity index (χ1v) is 8.43. The first-order chi connectivity index (χ1) is 11.2. The molecule has 5 nitrogen and oxygen atoms in total. The standard InChI is InChI=1S/C17H19ClN4O/c18-12-1-5-16(6-2-12)22-10-11(9-19-22)17(23)21-15-7-13-3-4-14(8-15)20-13/h1-2,5-6,9-10,13-15,20H,3-4,7-8H2,(H,21,23). The Labute approximate surface area is 140 Å². The van der Waals surface area contributed by atoms with Crippen molar-refractivity contribution in [1.29, 1.82) is 0 Å². The summed E-state index contributed by atoms with van der Waals surface area (Å²) >= 11 is 5.89. The van der Waals surface area contributed by atoms with Crippen molar-refractivity contribution in [2.75, 3.05) is 0 Å². The highest BCUT2D eigenvalue weighted by molar-refractivity contribution is 6.30. The van der Waals surface area contributed by atoms with E-state index in [9.17, 15) is 4.79 Å². The van der Waals surface area contributed by atoms with Crippen LogP contribution in [0.15, 0.2) is 36.7 Å². The number of fused-ring (bicyclic) bond motifs is 2. The molecule has 2 aliphatic rings. The molecule has 4 rings (SSSR count). The molecule has 1 aromatic heterocycles. The van der Waals surface area contributed by atoms with Crippen LogP contribution < -0.4 is 10.6 Å². The maximum Gasteiger partial charge on any atom is 0.254 e. The van der Waals surface area contributed by atoms with Crippen LogP contribution in [-0.4, -0.2) is 33.8 Å². The highest BCUT2D eigenvalue weighted by Crippen LogP contribution is 2.27. The van der Waals surface area contributed by atoms with Crippen molar-refractivity contribution < 1.29 is 4.79 Å². The zero-order chi connectivity index (χ0) is 15.8. The molecule has 0 aliphatic carbocycles. The van der Waals surface area contributed by atoms with Crippen molar-refractivity contribution in [2.45, 2.75) is 43.8 Å². The molecule has 2 aliphatic heterocycles. The monoisotopic (exact) mass is 330 g/mol. The molecule has 120 valence electrons. The Morgan fingerprint density at radius 2 is 1.91 bits per heavy atom. The second-order valence-electron chi connectivity index (χ2n) is 6.43. The molecule has 2 aromatic rings. The van der Waals surface area contributed by atoms with Crippen LogP contribution in [0.1, 0.15) is 36.0 Å². The van der Waals surface area contributed by atoms with Gasteiger partial charge in [-0.3, -0.25) is 4.79 Å². The van der Waals surface area contributed by atoms with Crippen LogP contribution in [0, 0.1) is 0 Å². The van der Waals surface area contributed by atoms with Crippen molar-refractivity contribution in [3.8, 4) is 5.69 Å². The number of amides is 1. The summed E-state index contributed by atoms with van der Waals surface area (Å²) < 4.78 is 1.69. The number of nitrogens with zero attached hydrogens (tertiary/aromatic N) is 2. The van der Waals surface area contributed by atoms with Crippen LogP contribution >= 0.6 is 11.6 Å².